The van der Waals surface area contributed by atoms with Crippen molar-refractivity contribution < 1.29 is 41.8 Å². The fraction of sp³-hybridized carbons (Fsp3) is 0.849. The summed E-state index contributed by atoms with van der Waals surface area (Å²) in [6, 6.07) is 9.58. The minimum Gasteiger partial charge on any atom is -0.457 e. The number of rotatable bonds is 27. The maximum absolute atomic E-state index is 14.0. The van der Waals surface area contributed by atoms with Gasteiger partial charge in [-0.25, -0.2) is 4.79 Å². The first-order chi connectivity index (χ1) is 31.9. The molecule has 0 aromatic heterocycles. The minimum absolute atomic E-state index is 0.00881. The number of esters is 1. The third-order valence-electron chi connectivity index (χ3n) is 16.3. The Hall–Kier alpha value is -1.63. The highest BCUT2D eigenvalue weighted by molar-refractivity contribution is 6.74. The maximum atomic E-state index is 14.0. The Morgan fingerprint density at radius 2 is 1.48 bits per heavy atom. The summed E-state index contributed by atoms with van der Waals surface area (Å²) in [7, 11) is -5.84. The summed E-state index contributed by atoms with van der Waals surface area (Å²) < 4.78 is 46.1. The SMILES string of the molecule is CCC(O[Si](CC)(CC)CC)C(C)C1OC1CC(C)(/C=C/C=C(\C)C1OC(=O)CC(O[Si](CC)(CC)CC)CCC(C)C(OC(=O)NCCN2CCOCC2)/C=C/C1C)O[Si](CC)(CC)CC. The van der Waals surface area contributed by atoms with E-state index in [0.717, 1.165) is 112 Å². The molecule has 0 saturated carbocycles. The Morgan fingerprint density at radius 3 is 2.04 bits per heavy atom. The normalized spacial score (nSPS) is 27.6. The third-order valence-corrected chi connectivity index (χ3v) is 30.5. The molecule has 0 bridgehead atoms. The van der Waals surface area contributed by atoms with Gasteiger partial charge in [-0.3, -0.25) is 9.69 Å². The van der Waals surface area contributed by atoms with Crippen molar-refractivity contribution in [2.45, 2.75) is 233 Å². The van der Waals surface area contributed by atoms with Crippen LogP contribution in [0, 0.1) is 17.8 Å². The number of alkyl carbamates (subject to hydrolysis) is 1. The fourth-order valence-electron chi connectivity index (χ4n) is 10.6. The number of epoxide rings is 1. The Labute approximate surface area is 413 Å². The zero-order valence-corrected chi connectivity index (χ0v) is 48.3. The topological polar surface area (TPSA) is 117 Å². The fourth-order valence-corrected chi connectivity index (χ4v) is 19.6. The van der Waals surface area contributed by atoms with Crippen LogP contribution in [0.2, 0.25) is 54.4 Å². The Balaban J connectivity index is 1.93. The van der Waals surface area contributed by atoms with Gasteiger partial charge in [-0.05, 0) is 105 Å². The summed E-state index contributed by atoms with van der Waals surface area (Å²) in [6.45, 7) is 37.9. The van der Waals surface area contributed by atoms with Crippen LogP contribution in [-0.2, 0) is 37.0 Å². The van der Waals surface area contributed by atoms with E-state index in [2.05, 4.69) is 138 Å². The van der Waals surface area contributed by atoms with Crippen molar-refractivity contribution in [3.05, 3.63) is 36.0 Å². The lowest BCUT2D eigenvalue weighted by atomic mass is 9.91. The molecule has 11 nitrogen and oxygen atoms in total. The third kappa shape index (κ3) is 18.2. The van der Waals surface area contributed by atoms with Crippen LogP contribution in [0.25, 0.3) is 0 Å². The molecule has 0 aromatic rings. The highest BCUT2D eigenvalue weighted by Gasteiger charge is 2.51. The number of nitrogens with one attached hydrogen (secondary N) is 1. The Morgan fingerprint density at radius 1 is 0.881 bits per heavy atom. The quantitative estimate of drug-likeness (QED) is 0.0280. The van der Waals surface area contributed by atoms with E-state index in [0.29, 0.717) is 18.9 Å². The first kappa shape index (κ1) is 59.7. The zero-order valence-electron chi connectivity index (χ0n) is 45.3. The van der Waals surface area contributed by atoms with Crippen LogP contribution in [0.15, 0.2) is 36.0 Å². The van der Waals surface area contributed by atoms with Gasteiger partial charge in [0.2, 0.25) is 0 Å². The van der Waals surface area contributed by atoms with Crippen molar-refractivity contribution in [1.29, 1.82) is 0 Å². The van der Waals surface area contributed by atoms with Crippen molar-refractivity contribution in [3.8, 4) is 0 Å². The van der Waals surface area contributed by atoms with Crippen molar-refractivity contribution in [2.24, 2.45) is 17.8 Å². The molecule has 67 heavy (non-hydrogen) atoms. The van der Waals surface area contributed by atoms with E-state index in [1.165, 1.54) is 0 Å². The molecule has 0 aliphatic carbocycles. The summed E-state index contributed by atoms with van der Waals surface area (Å²) in [5.74, 6) is -0.127. The summed E-state index contributed by atoms with van der Waals surface area (Å²) in [5.41, 5.74) is 0.389. The molecule has 3 heterocycles. The predicted molar refractivity (Wildman–Crippen MR) is 283 cm³/mol. The molecule has 2 fully saturated rings. The molecule has 2 saturated heterocycles. The van der Waals surface area contributed by atoms with E-state index in [4.69, 9.17) is 32.2 Å². The molecule has 1 N–H and O–H groups in total. The monoisotopic (exact) mass is 993 g/mol. The van der Waals surface area contributed by atoms with Gasteiger partial charge in [0.25, 0.3) is 0 Å². The lowest BCUT2D eigenvalue weighted by molar-refractivity contribution is -0.150. The average molecular weight is 994 g/mol. The minimum atomic E-state index is -2.05. The van der Waals surface area contributed by atoms with E-state index in [1.54, 1.807) is 0 Å². The van der Waals surface area contributed by atoms with Crippen LogP contribution in [-0.4, -0.2) is 124 Å². The zero-order chi connectivity index (χ0) is 49.8. The predicted octanol–water partition coefficient (Wildman–Crippen LogP) is 12.6. The van der Waals surface area contributed by atoms with E-state index in [1.807, 2.05) is 6.08 Å². The van der Waals surface area contributed by atoms with Crippen LogP contribution in [0.4, 0.5) is 4.79 Å². The number of hydrogen-bond acceptors (Lipinski definition) is 10. The van der Waals surface area contributed by atoms with Gasteiger partial charge < -0.3 is 37.5 Å². The van der Waals surface area contributed by atoms with E-state index >= 15 is 0 Å². The molecule has 3 rings (SSSR count). The van der Waals surface area contributed by atoms with Crippen LogP contribution in [0.3, 0.4) is 0 Å². The second-order valence-electron chi connectivity index (χ2n) is 20.6. The molecule has 10 atom stereocenters. The number of nitrogens with zero attached hydrogens (tertiary/aromatic N) is 1. The molecular weight excluding hydrogens is 893 g/mol. The van der Waals surface area contributed by atoms with Gasteiger partial charge in [-0.2, -0.15) is 0 Å². The molecule has 0 aromatic carbocycles. The first-order valence-electron chi connectivity index (χ1n) is 27.1. The van der Waals surface area contributed by atoms with E-state index in [-0.39, 0.29) is 48.6 Å². The number of carbonyl (C=O) groups is 2. The Kier molecular flexibility index (Phi) is 25.9. The summed E-state index contributed by atoms with van der Waals surface area (Å²) in [5, 5.41) is 2.99. The highest BCUT2D eigenvalue weighted by Crippen LogP contribution is 2.42. The van der Waals surface area contributed by atoms with Gasteiger partial charge >= 0.3 is 12.1 Å². The van der Waals surface area contributed by atoms with Gasteiger partial charge in [0.05, 0.1) is 43.5 Å². The average Bonchev–Trinajstić information content (AvgIpc) is 4.10. The number of allylic oxidation sites excluding steroid dienone is 2. The summed E-state index contributed by atoms with van der Waals surface area (Å²) in [4.78, 5) is 29.6. The Bertz CT molecular complexity index is 1520. The lowest BCUT2D eigenvalue weighted by Crippen LogP contribution is -2.46. The van der Waals surface area contributed by atoms with Crippen molar-refractivity contribution in [2.75, 3.05) is 39.4 Å². The van der Waals surface area contributed by atoms with Crippen molar-refractivity contribution in [1.82, 2.24) is 10.2 Å². The number of carbonyl (C=O) groups excluding carboxylic acids is 2. The number of hydrogen-bond donors (Lipinski definition) is 1. The van der Waals surface area contributed by atoms with Gasteiger partial charge in [0, 0.05) is 50.5 Å². The number of amides is 1. The van der Waals surface area contributed by atoms with Crippen LogP contribution in [0.1, 0.15) is 136 Å². The highest BCUT2D eigenvalue weighted by atomic mass is 28.4. The van der Waals surface area contributed by atoms with Crippen LogP contribution < -0.4 is 5.32 Å². The molecule has 1 amide bonds. The second-order valence-corrected chi connectivity index (χ2v) is 34.7. The standard InChI is InChI=1S/C53H100N2O9Si3/c1-16-46(63-66(20-5,21-6)22-7)44(14)51-48(59-51)40-53(15,64-67(23-8,24-9)25-10)32-26-27-42(12)50-43(13)29-31-47(60-52(57)54-33-34-55-35-37-58-38-36-55)41(11)28-30-45(39-49(56)61-50)62-65(17-2,18-3)19-4/h26-27,29,31-32,41,43-48,50-51H,16-25,28,30,33-40H2,1-15H3,(H,54,57)/b31-29+,32-26+,42-27+. The number of morpholine rings is 1. The van der Waals surface area contributed by atoms with Gasteiger partial charge in [0.15, 0.2) is 25.0 Å². The first-order valence-corrected chi connectivity index (χ1v) is 34.7. The molecule has 3 aliphatic rings. The second kappa shape index (κ2) is 29.0. The maximum Gasteiger partial charge on any atom is 0.407 e. The van der Waals surface area contributed by atoms with E-state index < -0.39 is 48.9 Å². The molecule has 0 spiro atoms. The van der Waals surface area contributed by atoms with Crippen molar-refractivity contribution in [3.63, 3.8) is 0 Å². The van der Waals surface area contributed by atoms with Crippen LogP contribution in [0.5, 0.6) is 0 Å². The summed E-state index contributed by atoms with van der Waals surface area (Å²) in [6.07, 6.45) is 12.6. The molecule has 14 heteroatoms. The summed E-state index contributed by atoms with van der Waals surface area (Å²) >= 11 is 0. The van der Waals surface area contributed by atoms with Gasteiger partial charge in [0.1, 0.15) is 12.2 Å². The molecule has 388 valence electrons. The van der Waals surface area contributed by atoms with E-state index in [9.17, 15) is 9.59 Å². The number of ether oxygens (including phenoxy) is 4. The smallest absolute Gasteiger partial charge is 0.407 e. The molecular formula is C53H100N2O9Si3. The number of cyclic esters (lactones) is 1. The van der Waals surface area contributed by atoms with Gasteiger partial charge in [-0.1, -0.05) is 114 Å². The van der Waals surface area contributed by atoms with Crippen LogP contribution >= 0.6 is 0 Å². The molecule has 10 unspecified atom stereocenters. The lowest BCUT2D eigenvalue weighted by Gasteiger charge is -2.39. The largest absolute Gasteiger partial charge is 0.457 e. The molecule has 0 radical (unpaired) electrons. The van der Waals surface area contributed by atoms with Crippen molar-refractivity contribution >= 4 is 37.0 Å². The van der Waals surface area contributed by atoms with Gasteiger partial charge in [-0.15, -0.1) is 0 Å². The molecule has 3 aliphatic heterocycles.